The summed E-state index contributed by atoms with van der Waals surface area (Å²) in [4.78, 5) is 1.77. The summed E-state index contributed by atoms with van der Waals surface area (Å²) in [6, 6.07) is 13.6. The molecule has 1 fully saturated rings. The first-order valence-corrected chi connectivity index (χ1v) is 13.8. The molecule has 206 valence electrons. The first-order chi connectivity index (χ1) is 17.6. The van der Waals surface area contributed by atoms with Crippen LogP contribution in [0.15, 0.2) is 70.3 Å². The van der Waals surface area contributed by atoms with Gasteiger partial charge in [-0.1, -0.05) is 48.0 Å². The van der Waals surface area contributed by atoms with E-state index < -0.39 is 39.6 Å². The minimum absolute atomic E-state index is 0.0604. The Balaban J connectivity index is 1.67. The van der Waals surface area contributed by atoms with E-state index in [9.17, 15) is 39.9 Å². The molecule has 0 spiro atoms. The van der Waals surface area contributed by atoms with Crippen molar-refractivity contribution < 1.29 is 39.9 Å². The van der Waals surface area contributed by atoms with Crippen LogP contribution in [0.4, 0.5) is 32.0 Å². The van der Waals surface area contributed by atoms with Crippen LogP contribution in [0.1, 0.15) is 16.7 Å². The molecule has 13 heteroatoms. The summed E-state index contributed by atoms with van der Waals surface area (Å²) in [5.74, 6) is 0. The number of sulfonamides is 1. The summed E-state index contributed by atoms with van der Waals surface area (Å²) >= 11 is 1.08. The second-order valence-corrected chi connectivity index (χ2v) is 12.2. The van der Waals surface area contributed by atoms with E-state index in [0.29, 0.717) is 24.2 Å². The summed E-state index contributed by atoms with van der Waals surface area (Å²) in [6.45, 7) is 2.20. The average Bonchev–Trinajstić information content (AvgIpc) is 3.40. The van der Waals surface area contributed by atoms with Crippen LogP contribution in [0.25, 0.3) is 0 Å². The molecular formula is C25H24F6N2O3S2. The van der Waals surface area contributed by atoms with Gasteiger partial charge >= 0.3 is 12.4 Å². The van der Waals surface area contributed by atoms with Gasteiger partial charge in [0.2, 0.25) is 0 Å². The Bertz CT molecular complexity index is 1330. The highest BCUT2D eigenvalue weighted by molar-refractivity contribution is 7.91. The van der Waals surface area contributed by atoms with Crippen molar-refractivity contribution >= 4 is 27.0 Å². The fraction of sp³-hybridized carbons (Fsp3) is 0.360. The summed E-state index contributed by atoms with van der Waals surface area (Å²) in [7, 11) is -3.77. The highest BCUT2D eigenvalue weighted by atomic mass is 32.2. The molecule has 5 nitrogen and oxygen atoms in total. The molecule has 38 heavy (non-hydrogen) atoms. The summed E-state index contributed by atoms with van der Waals surface area (Å²) in [6.07, 6.45) is -11.6. The molecule has 0 bridgehead atoms. The predicted molar refractivity (Wildman–Crippen MR) is 132 cm³/mol. The second-order valence-electron chi connectivity index (χ2n) is 9.08. The van der Waals surface area contributed by atoms with Crippen molar-refractivity contribution in [2.75, 3.05) is 24.5 Å². The van der Waals surface area contributed by atoms with Gasteiger partial charge in [0, 0.05) is 36.9 Å². The number of hydrogen-bond acceptors (Lipinski definition) is 5. The minimum atomic E-state index is -5.98. The van der Waals surface area contributed by atoms with E-state index in [2.05, 4.69) is 0 Å². The zero-order valence-corrected chi connectivity index (χ0v) is 21.6. The number of nitrogens with zero attached hydrogens (tertiary/aromatic N) is 2. The van der Waals surface area contributed by atoms with Crippen molar-refractivity contribution in [3.63, 3.8) is 0 Å². The summed E-state index contributed by atoms with van der Waals surface area (Å²) in [5, 5.41) is 11.4. The fourth-order valence-electron chi connectivity index (χ4n) is 4.48. The van der Waals surface area contributed by atoms with Gasteiger partial charge in [0.05, 0.1) is 0 Å². The van der Waals surface area contributed by atoms with E-state index in [1.165, 1.54) is 10.4 Å². The number of alkyl halides is 6. The molecule has 1 unspecified atom stereocenters. The predicted octanol–water partition coefficient (Wildman–Crippen LogP) is 5.49. The zero-order chi connectivity index (χ0) is 27.9. The van der Waals surface area contributed by atoms with E-state index in [4.69, 9.17) is 0 Å². The molecule has 0 saturated carbocycles. The SMILES string of the molecule is Cc1ccc(CC2CN(S(=O)(=O)c3cccs3)CCN2c2ccc(C(O)(C(F)(F)F)C(F)(F)F)cc2)cc1. The molecule has 3 aromatic rings. The molecule has 0 radical (unpaired) electrons. The Morgan fingerprint density at radius 3 is 2.05 bits per heavy atom. The van der Waals surface area contributed by atoms with Crippen LogP contribution in [-0.4, -0.2) is 55.9 Å². The molecule has 1 aromatic heterocycles. The third-order valence-corrected chi connectivity index (χ3v) is 9.80. The first kappa shape index (κ1) is 28.4. The number of halogens is 6. The Morgan fingerprint density at radius 1 is 0.921 bits per heavy atom. The third kappa shape index (κ3) is 5.29. The Morgan fingerprint density at radius 2 is 1.53 bits per heavy atom. The number of benzene rings is 2. The average molecular weight is 579 g/mol. The lowest BCUT2D eigenvalue weighted by atomic mass is 9.92. The largest absolute Gasteiger partial charge is 0.430 e. The number of hydrogen-bond donors (Lipinski definition) is 1. The van der Waals surface area contributed by atoms with Crippen molar-refractivity contribution in [2.45, 2.75) is 41.5 Å². The maximum Gasteiger partial charge on any atom is 0.430 e. The number of rotatable bonds is 6. The van der Waals surface area contributed by atoms with Gasteiger partial charge in [0.15, 0.2) is 0 Å². The Kier molecular flexibility index (Phi) is 7.60. The molecule has 0 amide bonds. The topological polar surface area (TPSA) is 60.9 Å². The fourth-order valence-corrected chi connectivity index (χ4v) is 7.09. The maximum atomic E-state index is 13.3. The number of aliphatic hydroxyl groups is 1. The number of aryl methyl sites for hydroxylation is 1. The highest BCUT2D eigenvalue weighted by Gasteiger charge is 2.71. The van der Waals surface area contributed by atoms with Gasteiger partial charge in [0.1, 0.15) is 4.21 Å². The van der Waals surface area contributed by atoms with Gasteiger partial charge in [-0.05, 0) is 42.5 Å². The van der Waals surface area contributed by atoms with E-state index in [-0.39, 0.29) is 23.8 Å². The number of anilines is 1. The van der Waals surface area contributed by atoms with Crippen LogP contribution in [0.3, 0.4) is 0 Å². The van der Waals surface area contributed by atoms with E-state index in [1.54, 1.807) is 16.3 Å². The molecule has 2 aromatic carbocycles. The van der Waals surface area contributed by atoms with Crippen LogP contribution in [-0.2, 0) is 22.0 Å². The molecule has 1 atom stereocenters. The van der Waals surface area contributed by atoms with Gasteiger partial charge in [0.25, 0.3) is 15.6 Å². The van der Waals surface area contributed by atoms with Crippen molar-refractivity contribution in [1.82, 2.24) is 4.31 Å². The zero-order valence-electron chi connectivity index (χ0n) is 20.0. The van der Waals surface area contributed by atoms with Gasteiger partial charge in [-0.2, -0.15) is 30.6 Å². The lowest BCUT2D eigenvalue weighted by molar-refractivity contribution is -0.376. The first-order valence-electron chi connectivity index (χ1n) is 11.5. The summed E-state index contributed by atoms with van der Waals surface area (Å²) in [5.41, 5.74) is -4.15. The van der Waals surface area contributed by atoms with Crippen molar-refractivity contribution in [2.24, 2.45) is 0 Å². The minimum Gasteiger partial charge on any atom is -0.369 e. The van der Waals surface area contributed by atoms with Crippen LogP contribution in [0.2, 0.25) is 0 Å². The quantitative estimate of drug-likeness (QED) is 0.393. The number of piperazine rings is 1. The summed E-state index contributed by atoms with van der Waals surface area (Å²) < 4.78 is 108. The monoisotopic (exact) mass is 578 g/mol. The highest BCUT2D eigenvalue weighted by Crippen LogP contribution is 2.50. The molecule has 1 aliphatic heterocycles. The van der Waals surface area contributed by atoms with Crippen molar-refractivity contribution in [3.8, 4) is 0 Å². The second kappa shape index (κ2) is 10.2. The Labute approximate surface area is 220 Å². The number of thiophene rings is 1. The van der Waals surface area contributed by atoms with Crippen molar-refractivity contribution in [1.29, 1.82) is 0 Å². The van der Waals surface area contributed by atoms with Crippen LogP contribution in [0.5, 0.6) is 0 Å². The van der Waals surface area contributed by atoms with E-state index in [0.717, 1.165) is 34.6 Å². The lowest BCUT2D eigenvalue weighted by Gasteiger charge is -2.42. The normalized spacial score (nSPS) is 18.1. The maximum absolute atomic E-state index is 13.3. The van der Waals surface area contributed by atoms with Crippen LogP contribution in [0, 0.1) is 6.92 Å². The molecule has 1 N–H and O–H groups in total. The van der Waals surface area contributed by atoms with E-state index >= 15 is 0 Å². The molecular weight excluding hydrogens is 554 g/mol. The van der Waals surface area contributed by atoms with Crippen LogP contribution >= 0.6 is 11.3 Å². The van der Waals surface area contributed by atoms with Gasteiger partial charge in [-0.15, -0.1) is 11.3 Å². The van der Waals surface area contributed by atoms with Gasteiger partial charge in [-0.3, -0.25) is 0 Å². The van der Waals surface area contributed by atoms with Crippen LogP contribution < -0.4 is 4.90 Å². The molecule has 1 aliphatic rings. The molecule has 0 aliphatic carbocycles. The smallest absolute Gasteiger partial charge is 0.369 e. The standard InChI is InChI=1S/C25H24F6N2O3S2/c1-17-4-6-18(7-5-17)15-21-16-32(38(35,36)22-3-2-14-37-22)12-13-33(21)20-10-8-19(9-11-20)23(34,24(26,27)28)25(29,30)31/h2-11,14,21,34H,12-13,15-16H2,1H3. The van der Waals surface area contributed by atoms with E-state index in [1.807, 2.05) is 31.2 Å². The molecule has 1 saturated heterocycles. The Hall–Kier alpha value is -2.61. The molecule has 2 heterocycles. The van der Waals surface area contributed by atoms with Gasteiger partial charge < -0.3 is 10.0 Å². The van der Waals surface area contributed by atoms with Crippen molar-refractivity contribution in [3.05, 3.63) is 82.7 Å². The third-order valence-electron chi connectivity index (χ3n) is 6.56. The lowest BCUT2D eigenvalue weighted by Crippen LogP contribution is -2.55. The van der Waals surface area contributed by atoms with Gasteiger partial charge in [-0.25, -0.2) is 8.42 Å². The molecule has 4 rings (SSSR count).